The molecule has 1 unspecified atom stereocenters. The third-order valence-corrected chi connectivity index (χ3v) is 3.04. The highest BCUT2D eigenvalue weighted by molar-refractivity contribution is 5.40. The fourth-order valence-corrected chi connectivity index (χ4v) is 1.93. The fraction of sp³-hybridized carbons (Fsp3) is 0.583. The Labute approximate surface area is 95.5 Å². The van der Waals surface area contributed by atoms with E-state index >= 15 is 0 Å². The maximum atomic E-state index is 9.41. The Morgan fingerprint density at radius 1 is 1.38 bits per heavy atom. The molecule has 1 atom stereocenters. The highest BCUT2D eigenvalue weighted by atomic mass is 16.3. The predicted octanol–water partition coefficient (Wildman–Crippen LogP) is 1.10. The Balaban J connectivity index is 2.04. The van der Waals surface area contributed by atoms with Crippen molar-refractivity contribution < 1.29 is 10.2 Å². The summed E-state index contributed by atoms with van der Waals surface area (Å²) in [5.41, 5.74) is 0.834. The maximum Gasteiger partial charge on any atom is 0.128 e. The van der Waals surface area contributed by atoms with E-state index < -0.39 is 6.10 Å². The van der Waals surface area contributed by atoms with Crippen LogP contribution in [-0.4, -0.2) is 34.4 Å². The monoisotopic (exact) mass is 222 g/mol. The summed E-state index contributed by atoms with van der Waals surface area (Å²) in [5.74, 6) is 0.927. The molecule has 2 rings (SSSR count). The number of aliphatic hydroxyl groups is 2. The van der Waals surface area contributed by atoms with Crippen molar-refractivity contribution in [3.8, 4) is 0 Å². The lowest BCUT2D eigenvalue weighted by molar-refractivity contribution is 0.145. The molecule has 1 aliphatic heterocycles. The van der Waals surface area contributed by atoms with E-state index in [1.807, 2.05) is 12.1 Å². The minimum atomic E-state index is -0.468. The number of nitrogens with zero attached hydrogens (tertiary/aromatic N) is 2. The van der Waals surface area contributed by atoms with Crippen molar-refractivity contribution in [1.82, 2.24) is 4.98 Å². The number of hydrogen-bond acceptors (Lipinski definition) is 4. The largest absolute Gasteiger partial charge is 0.393 e. The predicted molar refractivity (Wildman–Crippen MR) is 62.3 cm³/mol. The zero-order valence-corrected chi connectivity index (χ0v) is 9.50. The van der Waals surface area contributed by atoms with Crippen LogP contribution in [0.5, 0.6) is 0 Å². The number of hydrogen-bond donors (Lipinski definition) is 2. The summed E-state index contributed by atoms with van der Waals surface area (Å²) in [6, 6.07) is 3.83. The third kappa shape index (κ3) is 2.51. The molecular weight excluding hydrogens is 204 g/mol. The van der Waals surface area contributed by atoms with E-state index in [1.54, 1.807) is 13.1 Å². The average molecular weight is 222 g/mol. The molecule has 4 nitrogen and oxygen atoms in total. The van der Waals surface area contributed by atoms with Crippen LogP contribution in [0.25, 0.3) is 0 Å². The van der Waals surface area contributed by atoms with E-state index in [9.17, 15) is 10.2 Å². The van der Waals surface area contributed by atoms with Crippen LogP contribution in [0, 0.1) is 0 Å². The molecule has 1 aromatic rings. The highest BCUT2D eigenvalue weighted by Gasteiger charge is 2.17. The fourth-order valence-electron chi connectivity index (χ4n) is 1.93. The normalized spacial score (nSPS) is 19.8. The number of aromatic nitrogens is 1. The van der Waals surface area contributed by atoms with Gasteiger partial charge in [0.2, 0.25) is 0 Å². The van der Waals surface area contributed by atoms with Gasteiger partial charge < -0.3 is 15.1 Å². The van der Waals surface area contributed by atoms with Crippen LogP contribution in [-0.2, 0) is 0 Å². The number of rotatable bonds is 2. The summed E-state index contributed by atoms with van der Waals surface area (Å²) in [6.07, 6.45) is 2.70. The molecule has 1 aliphatic rings. The van der Waals surface area contributed by atoms with E-state index in [0.717, 1.165) is 37.3 Å². The molecule has 1 saturated heterocycles. The minimum absolute atomic E-state index is 0.159. The molecule has 1 aromatic heterocycles. The zero-order chi connectivity index (χ0) is 11.5. The molecule has 0 saturated carbocycles. The van der Waals surface area contributed by atoms with Crippen molar-refractivity contribution in [3.05, 3.63) is 23.9 Å². The van der Waals surface area contributed by atoms with Gasteiger partial charge in [-0.2, -0.15) is 0 Å². The van der Waals surface area contributed by atoms with E-state index in [2.05, 4.69) is 9.88 Å². The average Bonchev–Trinajstić information content (AvgIpc) is 2.30. The Hall–Kier alpha value is -1.13. The van der Waals surface area contributed by atoms with Gasteiger partial charge in [0.25, 0.3) is 0 Å². The molecule has 0 aliphatic carbocycles. The maximum absolute atomic E-state index is 9.41. The van der Waals surface area contributed by atoms with Crippen LogP contribution in [0.2, 0.25) is 0 Å². The van der Waals surface area contributed by atoms with Gasteiger partial charge in [0.15, 0.2) is 0 Å². The van der Waals surface area contributed by atoms with Gasteiger partial charge >= 0.3 is 0 Å². The van der Waals surface area contributed by atoms with Gasteiger partial charge in [-0.15, -0.1) is 0 Å². The lowest BCUT2D eigenvalue weighted by atomic mass is 10.1. The van der Waals surface area contributed by atoms with Crippen molar-refractivity contribution in [2.45, 2.75) is 32.0 Å². The molecule has 4 heteroatoms. The summed E-state index contributed by atoms with van der Waals surface area (Å²) >= 11 is 0. The Kier molecular flexibility index (Phi) is 3.41. The molecule has 0 bridgehead atoms. The van der Waals surface area contributed by atoms with Crippen LogP contribution >= 0.6 is 0 Å². The topological polar surface area (TPSA) is 56.6 Å². The van der Waals surface area contributed by atoms with Crippen LogP contribution in [0.1, 0.15) is 31.4 Å². The van der Waals surface area contributed by atoms with Crippen molar-refractivity contribution in [3.63, 3.8) is 0 Å². The summed E-state index contributed by atoms with van der Waals surface area (Å²) in [6.45, 7) is 3.43. The number of pyridine rings is 1. The summed E-state index contributed by atoms with van der Waals surface area (Å²) < 4.78 is 0. The molecule has 16 heavy (non-hydrogen) atoms. The van der Waals surface area contributed by atoms with Gasteiger partial charge in [-0.1, -0.05) is 6.07 Å². The van der Waals surface area contributed by atoms with Gasteiger partial charge in [-0.05, 0) is 31.4 Å². The number of piperidine rings is 1. The molecule has 88 valence electrons. The number of aliphatic hydroxyl groups excluding tert-OH is 2. The standard InChI is InChI=1S/C12H18N2O2/c1-9(15)10-2-3-12(13-8-10)14-6-4-11(16)5-7-14/h2-3,8-9,11,15-16H,4-7H2,1H3. The van der Waals surface area contributed by atoms with Crippen molar-refractivity contribution in [2.24, 2.45) is 0 Å². The number of anilines is 1. The molecule has 2 N–H and O–H groups in total. The molecular formula is C12H18N2O2. The molecule has 0 amide bonds. The van der Waals surface area contributed by atoms with Crippen LogP contribution in [0.15, 0.2) is 18.3 Å². The summed E-state index contributed by atoms with van der Waals surface area (Å²) in [4.78, 5) is 6.50. The second-order valence-electron chi connectivity index (χ2n) is 4.34. The Morgan fingerprint density at radius 2 is 2.06 bits per heavy atom. The Bertz CT molecular complexity index is 329. The molecule has 0 spiro atoms. The van der Waals surface area contributed by atoms with Crippen LogP contribution < -0.4 is 4.90 Å². The lowest BCUT2D eigenvalue weighted by Gasteiger charge is -2.30. The first kappa shape index (κ1) is 11.4. The quantitative estimate of drug-likeness (QED) is 0.786. The first-order valence-corrected chi connectivity index (χ1v) is 5.74. The van der Waals surface area contributed by atoms with Crippen LogP contribution in [0.3, 0.4) is 0 Å². The molecule has 1 fully saturated rings. The first-order chi connectivity index (χ1) is 7.66. The summed E-state index contributed by atoms with van der Waals surface area (Å²) in [5, 5.41) is 18.8. The van der Waals surface area contributed by atoms with E-state index in [4.69, 9.17) is 0 Å². The summed E-state index contributed by atoms with van der Waals surface area (Å²) in [7, 11) is 0. The third-order valence-electron chi connectivity index (χ3n) is 3.04. The van der Waals surface area contributed by atoms with Gasteiger partial charge in [0.05, 0.1) is 12.2 Å². The molecule has 0 aromatic carbocycles. The second-order valence-corrected chi connectivity index (χ2v) is 4.34. The second kappa shape index (κ2) is 4.80. The Morgan fingerprint density at radius 3 is 2.56 bits per heavy atom. The molecule has 0 radical (unpaired) electrons. The first-order valence-electron chi connectivity index (χ1n) is 5.74. The SMILES string of the molecule is CC(O)c1ccc(N2CCC(O)CC2)nc1. The minimum Gasteiger partial charge on any atom is -0.393 e. The van der Waals surface area contributed by atoms with Gasteiger partial charge in [0.1, 0.15) is 5.82 Å². The van der Waals surface area contributed by atoms with Gasteiger partial charge in [-0.25, -0.2) is 4.98 Å². The van der Waals surface area contributed by atoms with Crippen molar-refractivity contribution >= 4 is 5.82 Å². The van der Waals surface area contributed by atoms with Gasteiger partial charge in [0, 0.05) is 19.3 Å². The highest BCUT2D eigenvalue weighted by Crippen LogP contribution is 2.19. The van der Waals surface area contributed by atoms with Crippen molar-refractivity contribution in [2.75, 3.05) is 18.0 Å². The smallest absolute Gasteiger partial charge is 0.128 e. The van der Waals surface area contributed by atoms with E-state index in [-0.39, 0.29) is 6.10 Å². The van der Waals surface area contributed by atoms with E-state index in [0.29, 0.717) is 0 Å². The van der Waals surface area contributed by atoms with E-state index in [1.165, 1.54) is 0 Å². The van der Waals surface area contributed by atoms with Crippen LogP contribution in [0.4, 0.5) is 5.82 Å². The zero-order valence-electron chi connectivity index (χ0n) is 9.50. The van der Waals surface area contributed by atoms with Gasteiger partial charge in [-0.3, -0.25) is 0 Å². The molecule has 2 heterocycles. The lowest BCUT2D eigenvalue weighted by Crippen LogP contribution is -2.36. The van der Waals surface area contributed by atoms with Crippen molar-refractivity contribution in [1.29, 1.82) is 0 Å².